The second-order valence-electron chi connectivity index (χ2n) is 5.53. The molecule has 0 aliphatic carbocycles. The van der Waals surface area contributed by atoms with Gasteiger partial charge in [-0.15, -0.1) is 13.2 Å². The van der Waals surface area contributed by atoms with Gasteiger partial charge in [-0.2, -0.15) is 0 Å². The van der Waals surface area contributed by atoms with Crippen molar-refractivity contribution in [3.8, 4) is 0 Å². The van der Waals surface area contributed by atoms with Crippen molar-refractivity contribution in [1.82, 2.24) is 0 Å². The summed E-state index contributed by atoms with van der Waals surface area (Å²) in [6.07, 6.45) is 11.9. The summed E-state index contributed by atoms with van der Waals surface area (Å²) in [6, 6.07) is 0. The summed E-state index contributed by atoms with van der Waals surface area (Å²) >= 11 is 0. The lowest BCUT2D eigenvalue weighted by molar-refractivity contribution is 0.157. The Balaban J connectivity index is -0.000000185. The first-order chi connectivity index (χ1) is 17.0. The molecule has 0 unspecified atom stereocenters. The Bertz CT molecular complexity index is 581. The Kier molecular flexibility index (Phi) is 58.9. The zero-order valence-electron chi connectivity index (χ0n) is 25.7. The molecule has 0 heterocycles. The Morgan fingerprint density at radius 1 is 0.800 bits per heavy atom. The van der Waals surface area contributed by atoms with E-state index in [0.717, 1.165) is 29.1 Å². The first-order valence-corrected chi connectivity index (χ1v) is 13.0. The van der Waals surface area contributed by atoms with Crippen LogP contribution in [-0.2, 0) is 9.47 Å². The van der Waals surface area contributed by atoms with E-state index in [0.29, 0.717) is 13.1 Å². The van der Waals surface area contributed by atoms with Crippen molar-refractivity contribution in [2.24, 2.45) is 9.98 Å². The molecule has 0 aliphatic heterocycles. The first-order valence-electron chi connectivity index (χ1n) is 13.0. The molecule has 0 aromatic heterocycles. The maximum Gasteiger partial charge on any atom is 0.127 e. The highest BCUT2D eigenvalue weighted by atomic mass is 16.5. The molecule has 206 valence electrons. The van der Waals surface area contributed by atoms with Gasteiger partial charge < -0.3 is 9.47 Å². The summed E-state index contributed by atoms with van der Waals surface area (Å²) in [7, 11) is 1.64. The number of methoxy groups -OCH3 is 1. The van der Waals surface area contributed by atoms with Crippen LogP contribution in [0, 0.1) is 0 Å². The van der Waals surface area contributed by atoms with E-state index in [-0.39, 0.29) is 6.10 Å². The van der Waals surface area contributed by atoms with Gasteiger partial charge in [-0.3, -0.25) is 9.98 Å². The second kappa shape index (κ2) is 45.0. The molecule has 0 aliphatic rings. The Labute approximate surface area is 221 Å². The van der Waals surface area contributed by atoms with Gasteiger partial charge in [0.2, 0.25) is 0 Å². The van der Waals surface area contributed by atoms with Crippen molar-refractivity contribution in [1.29, 1.82) is 0 Å². The maximum absolute atomic E-state index is 5.75. The lowest BCUT2D eigenvalue weighted by Gasteiger charge is -2.12. The van der Waals surface area contributed by atoms with Gasteiger partial charge in [0.1, 0.15) is 11.5 Å². The van der Waals surface area contributed by atoms with Crippen molar-refractivity contribution in [3.63, 3.8) is 0 Å². The van der Waals surface area contributed by atoms with Crippen LogP contribution in [0.25, 0.3) is 0 Å². The highest BCUT2D eigenvalue weighted by Gasteiger charge is 2.02. The molecular formula is C31H60N2O2. The van der Waals surface area contributed by atoms with Gasteiger partial charge in [0, 0.05) is 36.7 Å². The zero-order valence-corrected chi connectivity index (χ0v) is 25.7. The number of hydrogen-bond donors (Lipinski definition) is 0. The van der Waals surface area contributed by atoms with Gasteiger partial charge in [-0.1, -0.05) is 86.8 Å². The van der Waals surface area contributed by atoms with E-state index in [1.807, 2.05) is 101 Å². The minimum Gasteiger partial charge on any atom is -0.501 e. The minimum atomic E-state index is 0.0960. The molecular weight excluding hydrogens is 432 g/mol. The molecule has 0 rings (SSSR count). The van der Waals surface area contributed by atoms with E-state index >= 15 is 0 Å². The quantitative estimate of drug-likeness (QED) is 0.0894. The molecule has 0 spiro atoms. The van der Waals surface area contributed by atoms with Gasteiger partial charge in [0.15, 0.2) is 0 Å². The number of aliphatic imine (C=N–C) groups is 2. The normalized spacial score (nSPS) is 10.9. The predicted molar refractivity (Wildman–Crippen MR) is 166 cm³/mol. The van der Waals surface area contributed by atoms with Crippen molar-refractivity contribution in [2.45, 2.75) is 95.6 Å². The highest BCUT2D eigenvalue weighted by molar-refractivity contribution is 5.83. The van der Waals surface area contributed by atoms with Gasteiger partial charge in [0.25, 0.3) is 0 Å². The van der Waals surface area contributed by atoms with Crippen LogP contribution in [0.1, 0.15) is 89.5 Å². The van der Waals surface area contributed by atoms with E-state index < -0.39 is 0 Å². The van der Waals surface area contributed by atoms with Crippen LogP contribution in [0.5, 0.6) is 0 Å². The molecule has 0 amide bonds. The molecule has 0 radical (unpaired) electrons. The third-order valence-corrected chi connectivity index (χ3v) is 3.15. The second-order valence-corrected chi connectivity index (χ2v) is 5.53. The fourth-order valence-corrected chi connectivity index (χ4v) is 1.84. The average molecular weight is 493 g/mol. The molecule has 0 bridgehead atoms. The Hall–Kier alpha value is -2.62. The van der Waals surface area contributed by atoms with E-state index in [4.69, 9.17) is 9.47 Å². The van der Waals surface area contributed by atoms with Crippen LogP contribution in [0.2, 0.25) is 0 Å². The summed E-state index contributed by atoms with van der Waals surface area (Å²) < 4.78 is 10.9. The van der Waals surface area contributed by atoms with E-state index in [9.17, 15) is 0 Å². The van der Waals surface area contributed by atoms with Crippen molar-refractivity contribution in [2.75, 3.05) is 20.2 Å². The van der Waals surface area contributed by atoms with Gasteiger partial charge in [-0.05, 0) is 40.2 Å². The molecule has 0 saturated carbocycles. The molecule has 0 aromatic rings. The SMILES string of the molecule is C=C.C=C/C(C=NCCCN=CC(/C=C\C)=C(/C=C)OC(C)C)=C(\C)OC.CC.CC.CC.CC. The van der Waals surface area contributed by atoms with Crippen molar-refractivity contribution < 1.29 is 9.47 Å². The van der Waals surface area contributed by atoms with E-state index in [2.05, 4.69) is 36.3 Å². The summed E-state index contributed by atoms with van der Waals surface area (Å²) in [5.74, 6) is 1.55. The van der Waals surface area contributed by atoms with Crippen LogP contribution >= 0.6 is 0 Å². The number of nitrogens with zero attached hydrogens (tertiary/aromatic N) is 2. The molecule has 0 saturated heterocycles. The first kappa shape index (κ1) is 45.8. The lowest BCUT2D eigenvalue weighted by atomic mass is 10.2. The monoisotopic (exact) mass is 492 g/mol. The van der Waals surface area contributed by atoms with Gasteiger partial charge >= 0.3 is 0 Å². The highest BCUT2D eigenvalue weighted by Crippen LogP contribution is 2.11. The molecule has 4 nitrogen and oxygen atoms in total. The number of allylic oxidation sites excluding steroid dienone is 7. The maximum atomic E-state index is 5.75. The fraction of sp³-hybridized carbons (Fsp3) is 0.548. The van der Waals surface area contributed by atoms with E-state index in [1.165, 1.54) is 0 Å². The lowest BCUT2D eigenvalue weighted by Crippen LogP contribution is -2.03. The van der Waals surface area contributed by atoms with Crippen LogP contribution in [0.4, 0.5) is 0 Å². The van der Waals surface area contributed by atoms with Gasteiger partial charge in [0.05, 0.1) is 13.2 Å². The van der Waals surface area contributed by atoms with E-state index in [1.54, 1.807) is 25.5 Å². The zero-order chi connectivity index (χ0) is 29.1. The van der Waals surface area contributed by atoms with Crippen LogP contribution < -0.4 is 0 Å². The fourth-order valence-electron chi connectivity index (χ4n) is 1.84. The topological polar surface area (TPSA) is 43.2 Å². The van der Waals surface area contributed by atoms with Crippen LogP contribution in [0.3, 0.4) is 0 Å². The summed E-state index contributed by atoms with van der Waals surface area (Å²) in [5, 5.41) is 0. The van der Waals surface area contributed by atoms with Crippen LogP contribution in [0.15, 0.2) is 83.3 Å². The Morgan fingerprint density at radius 2 is 1.23 bits per heavy atom. The largest absolute Gasteiger partial charge is 0.501 e. The smallest absolute Gasteiger partial charge is 0.127 e. The molecule has 0 N–H and O–H groups in total. The predicted octanol–water partition coefficient (Wildman–Crippen LogP) is 9.97. The molecule has 35 heavy (non-hydrogen) atoms. The number of hydrogen-bond acceptors (Lipinski definition) is 4. The average Bonchev–Trinajstić information content (AvgIpc) is 2.93. The van der Waals surface area contributed by atoms with Crippen molar-refractivity contribution >= 4 is 12.4 Å². The minimum absolute atomic E-state index is 0.0960. The van der Waals surface area contributed by atoms with Crippen molar-refractivity contribution in [3.05, 3.63) is 73.3 Å². The summed E-state index contributed by atoms with van der Waals surface area (Å²) in [6.45, 7) is 38.8. The third-order valence-electron chi connectivity index (χ3n) is 3.15. The summed E-state index contributed by atoms with van der Waals surface area (Å²) in [4.78, 5) is 8.84. The molecule has 0 atom stereocenters. The van der Waals surface area contributed by atoms with Gasteiger partial charge in [-0.25, -0.2) is 0 Å². The van der Waals surface area contributed by atoms with Crippen LogP contribution in [-0.4, -0.2) is 38.7 Å². The Morgan fingerprint density at radius 3 is 1.54 bits per heavy atom. The number of rotatable bonds is 12. The third kappa shape index (κ3) is 33.6. The number of ether oxygens (including phenoxy) is 2. The summed E-state index contributed by atoms with van der Waals surface area (Å²) in [5.41, 5.74) is 1.81. The standard InChI is InChI=1S/C21H32N2O2.4C2H6.C2H4/c1-8-12-20(21(10-3)25-17(4)5)16-23-14-11-13-22-15-19(9-2)18(6)24-7;5*1-2/h8-10,12,15-17H,2-3,11,13-14H2,1,4-7H3;4*1-2H3;1-2H2/b12-8-,19-18-,21-20-,22-15?,23-16?;;;;;. The molecule has 0 fully saturated rings. The molecule has 0 aromatic carbocycles. The molecule has 4 heteroatoms.